The van der Waals surface area contributed by atoms with Gasteiger partial charge in [0.15, 0.2) is 0 Å². The highest BCUT2D eigenvalue weighted by Gasteiger charge is 2.32. The van der Waals surface area contributed by atoms with Gasteiger partial charge in [-0.25, -0.2) is 9.59 Å². The molecule has 18 heavy (non-hydrogen) atoms. The van der Waals surface area contributed by atoms with Crippen LogP contribution in [0.25, 0.3) is 0 Å². The Balaban J connectivity index is 4.46. The van der Waals surface area contributed by atoms with E-state index in [0.717, 1.165) is 7.05 Å². The third-order valence-corrected chi connectivity index (χ3v) is 2.07. The third kappa shape index (κ3) is 6.97. The standard InChI is InChI=1S/C10H17F3N2O3/c1-6(2)4-7(8(16)17)14-9(18)15(3)5-10(11,12)13/h6-7H,4-5H2,1-3H3,(H,14,18)(H,16,17)/t7-/m0/s1. The van der Waals surface area contributed by atoms with Crippen LogP contribution in [-0.2, 0) is 4.79 Å². The fraction of sp³-hybridized carbons (Fsp3) is 0.800. The van der Waals surface area contributed by atoms with E-state index in [2.05, 4.69) is 5.32 Å². The molecule has 8 heteroatoms. The topological polar surface area (TPSA) is 69.6 Å². The number of carbonyl (C=O) groups excluding carboxylic acids is 1. The number of carboxylic acid groups (broad SMARTS) is 1. The lowest BCUT2D eigenvalue weighted by atomic mass is 10.0. The Morgan fingerprint density at radius 2 is 1.83 bits per heavy atom. The van der Waals surface area contributed by atoms with Gasteiger partial charge in [-0.05, 0) is 12.3 Å². The Kier molecular flexibility index (Phi) is 5.93. The van der Waals surface area contributed by atoms with E-state index in [9.17, 15) is 22.8 Å². The molecule has 0 aromatic carbocycles. The summed E-state index contributed by atoms with van der Waals surface area (Å²) in [5.41, 5.74) is 0. The number of amides is 2. The maximum absolute atomic E-state index is 12.0. The molecule has 106 valence electrons. The molecule has 2 amide bonds. The first-order valence-electron chi connectivity index (χ1n) is 5.34. The number of nitrogens with one attached hydrogen (secondary N) is 1. The molecule has 5 nitrogen and oxygen atoms in total. The molecule has 0 heterocycles. The number of carbonyl (C=O) groups is 2. The summed E-state index contributed by atoms with van der Waals surface area (Å²) in [5.74, 6) is -1.27. The number of halogens is 3. The number of hydrogen-bond donors (Lipinski definition) is 2. The molecule has 0 aromatic rings. The van der Waals surface area contributed by atoms with Crippen molar-refractivity contribution in [2.24, 2.45) is 5.92 Å². The highest BCUT2D eigenvalue weighted by atomic mass is 19.4. The van der Waals surface area contributed by atoms with E-state index >= 15 is 0 Å². The van der Waals surface area contributed by atoms with Gasteiger partial charge in [0, 0.05) is 7.05 Å². The first-order chi connectivity index (χ1) is 8.03. The molecule has 0 rings (SSSR count). The van der Waals surface area contributed by atoms with Crippen molar-refractivity contribution in [1.29, 1.82) is 0 Å². The van der Waals surface area contributed by atoms with Crippen LogP contribution in [0.15, 0.2) is 0 Å². The molecule has 0 radical (unpaired) electrons. The van der Waals surface area contributed by atoms with E-state index in [1.165, 1.54) is 0 Å². The number of nitrogens with zero attached hydrogens (tertiary/aromatic N) is 1. The summed E-state index contributed by atoms with van der Waals surface area (Å²) in [6, 6.07) is -2.24. The van der Waals surface area contributed by atoms with Crippen LogP contribution in [0.1, 0.15) is 20.3 Å². The molecule has 1 atom stereocenters. The van der Waals surface area contributed by atoms with Crippen LogP contribution in [0, 0.1) is 5.92 Å². The van der Waals surface area contributed by atoms with Gasteiger partial charge >= 0.3 is 18.2 Å². The van der Waals surface area contributed by atoms with E-state index in [0.29, 0.717) is 4.90 Å². The second-order valence-corrected chi connectivity index (χ2v) is 4.44. The van der Waals surface area contributed by atoms with Crippen LogP contribution in [0.2, 0.25) is 0 Å². The van der Waals surface area contributed by atoms with Crippen LogP contribution in [0.4, 0.5) is 18.0 Å². The summed E-state index contributed by atoms with van der Waals surface area (Å²) in [6.45, 7) is 2.08. The minimum absolute atomic E-state index is 0.000628. The van der Waals surface area contributed by atoms with Crippen molar-refractivity contribution in [2.45, 2.75) is 32.5 Å². The predicted octanol–water partition coefficient (Wildman–Crippen LogP) is 1.69. The van der Waals surface area contributed by atoms with Crippen molar-refractivity contribution in [1.82, 2.24) is 10.2 Å². The molecule has 0 aliphatic heterocycles. The summed E-state index contributed by atoms with van der Waals surface area (Å²) in [6.07, 6.45) is -4.36. The molecule has 0 bridgehead atoms. The number of hydrogen-bond acceptors (Lipinski definition) is 2. The first-order valence-corrected chi connectivity index (χ1v) is 5.34. The van der Waals surface area contributed by atoms with Gasteiger partial charge in [-0.15, -0.1) is 0 Å². The van der Waals surface area contributed by atoms with Crippen LogP contribution in [-0.4, -0.2) is 47.8 Å². The molecule has 0 saturated carbocycles. The zero-order valence-corrected chi connectivity index (χ0v) is 10.4. The van der Waals surface area contributed by atoms with E-state index < -0.39 is 30.8 Å². The number of carboxylic acids is 1. The third-order valence-electron chi connectivity index (χ3n) is 2.07. The molecular formula is C10H17F3N2O3. The number of aliphatic carboxylic acids is 1. The van der Waals surface area contributed by atoms with E-state index in [-0.39, 0.29) is 12.3 Å². The van der Waals surface area contributed by atoms with Crippen LogP contribution in [0.5, 0.6) is 0 Å². The van der Waals surface area contributed by atoms with Crippen molar-refractivity contribution in [3.63, 3.8) is 0 Å². The van der Waals surface area contributed by atoms with Gasteiger partial charge in [-0.1, -0.05) is 13.8 Å². The van der Waals surface area contributed by atoms with Gasteiger partial charge in [0.1, 0.15) is 12.6 Å². The molecule has 0 aliphatic carbocycles. The zero-order chi connectivity index (χ0) is 14.5. The van der Waals surface area contributed by atoms with Gasteiger partial charge in [0.05, 0.1) is 0 Å². The summed E-state index contributed by atoms with van der Waals surface area (Å²) < 4.78 is 36.1. The molecule has 0 unspecified atom stereocenters. The van der Waals surface area contributed by atoms with Crippen molar-refractivity contribution in [3.05, 3.63) is 0 Å². The smallest absolute Gasteiger partial charge is 0.406 e. The largest absolute Gasteiger partial charge is 0.480 e. The molecule has 0 aliphatic rings. The summed E-state index contributed by atoms with van der Waals surface area (Å²) in [7, 11) is 0.955. The molecule has 0 spiro atoms. The van der Waals surface area contributed by atoms with Crippen LogP contribution in [0.3, 0.4) is 0 Å². The Labute approximate surface area is 103 Å². The Hall–Kier alpha value is -1.47. The lowest BCUT2D eigenvalue weighted by Gasteiger charge is -2.23. The average Bonchev–Trinajstić information content (AvgIpc) is 2.12. The Morgan fingerprint density at radius 3 is 2.17 bits per heavy atom. The minimum atomic E-state index is -4.51. The number of rotatable bonds is 5. The summed E-state index contributed by atoms with van der Waals surface area (Å²) >= 11 is 0. The van der Waals surface area contributed by atoms with Crippen molar-refractivity contribution >= 4 is 12.0 Å². The van der Waals surface area contributed by atoms with Gasteiger partial charge in [0.25, 0.3) is 0 Å². The summed E-state index contributed by atoms with van der Waals surface area (Å²) in [4.78, 5) is 22.6. The Morgan fingerprint density at radius 1 is 1.33 bits per heavy atom. The van der Waals surface area contributed by atoms with Crippen molar-refractivity contribution in [3.8, 4) is 0 Å². The fourth-order valence-electron chi connectivity index (χ4n) is 1.29. The van der Waals surface area contributed by atoms with Crippen LogP contribution < -0.4 is 5.32 Å². The maximum Gasteiger partial charge on any atom is 0.406 e. The van der Waals surface area contributed by atoms with Gasteiger partial charge in [0.2, 0.25) is 0 Å². The average molecular weight is 270 g/mol. The lowest BCUT2D eigenvalue weighted by Crippen LogP contribution is -2.49. The van der Waals surface area contributed by atoms with Crippen molar-refractivity contribution in [2.75, 3.05) is 13.6 Å². The highest BCUT2D eigenvalue weighted by molar-refractivity contribution is 5.82. The quantitative estimate of drug-likeness (QED) is 0.798. The molecule has 0 saturated heterocycles. The Bertz CT molecular complexity index is 305. The molecule has 0 aromatic heterocycles. The highest BCUT2D eigenvalue weighted by Crippen LogP contribution is 2.15. The maximum atomic E-state index is 12.0. The van der Waals surface area contributed by atoms with E-state index in [1.807, 2.05) is 0 Å². The minimum Gasteiger partial charge on any atom is -0.480 e. The van der Waals surface area contributed by atoms with Gasteiger partial charge in [-0.3, -0.25) is 0 Å². The van der Waals surface area contributed by atoms with E-state index in [1.54, 1.807) is 13.8 Å². The van der Waals surface area contributed by atoms with Gasteiger partial charge in [-0.2, -0.15) is 13.2 Å². The van der Waals surface area contributed by atoms with Crippen LogP contribution >= 0.6 is 0 Å². The molecule has 0 fully saturated rings. The molecular weight excluding hydrogens is 253 g/mol. The monoisotopic (exact) mass is 270 g/mol. The normalized spacial score (nSPS) is 13.3. The number of alkyl halides is 3. The predicted molar refractivity (Wildman–Crippen MR) is 58.1 cm³/mol. The lowest BCUT2D eigenvalue weighted by molar-refractivity contribution is -0.140. The first kappa shape index (κ1) is 16.5. The second kappa shape index (κ2) is 6.46. The van der Waals surface area contributed by atoms with Gasteiger partial charge < -0.3 is 15.3 Å². The second-order valence-electron chi connectivity index (χ2n) is 4.44. The SMILES string of the molecule is CC(C)C[C@H](NC(=O)N(C)CC(F)(F)F)C(=O)O. The zero-order valence-electron chi connectivity index (χ0n) is 10.4. The molecule has 2 N–H and O–H groups in total. The van der Waals surface area contributed by atoms with E-state index in [4.69, 9.17) is 5.11 Å². The number of urea groups is 1. The fourth-order valence-corrected chi connectivity index (χ4v) is 1.29. The van der Waals surface area contributed by atoms with Crippen molar-refractivity contribution < 1.29 is 27.9 Å². The summed E-state index contributed by atoms with van der Waals surface area (Å²) in [5, 5.41) is 10.9.